The summed E-state index contributed by atoms with van der Waals surface area (Å²) < 4.78 is 5.41. The van der Waals surface area contributed by atoms with Crippen LogP contribution in [0.3, 0.4) is 0 Å². The summed E-state index contributed by atoms with van der Waals surface area (Å²) >= 11 is 11.9. The van der Waals surface area contributed by atoms with E-state index in [9.17, 15) is 9.59 Å². The second-order valence-corrected chi connectivity index (χ2v) is 6.57. The molecule has 0 atom stereocenters. The number of carbonyl (C=O) groups is 2. The largest absolute Gasteiger partial charge is 0.466 e. The van der Waals surface area contributed by atoms with E-state index in [4.69, 9.17) is 27.6 Å². The topological polar surface area (TPSA) is 62.6 Å². The van der Waals surface area contributed by atoms with Gasteiger partial charge in [0.2, 0.25) is 5.91 Å². The molecule has 5 nitrogen and oxygen atoms in total. The maximum absolute atomic E-state index is 12.7. The number of aryl methyl sites for hydroxylation is 2. The Morgan fingerprint density at radius 1 is 1.20 bits per heavy atom. The van der Waals surface area contributed by atoms with Crippen molar-refractivity contribution in [1.29, 1.82) is 0 Å². The maximum atomic E-state index is 12.7. The first-order valence-corrected chi connectivity index (χ1v) is 8.68. The summed E-state index contributed by atoms with van der Waals surface area (Å²) in [7, 11) is 0. The molecule has 7 heteroatoms. The first-order valence-electron chi connectivity index (χ1n) is 7.93. The molecule has 0 aliphatic carbocycles. The number of hydrogen-bond donors (Lipinski definition) is 1. The number of nitrogens with zero attached hydrogens (tertiary/aromatic N) is 1. The molecule has 134 valence electrons. The number of rotatable bonds is 6. The normalized spacial score (nSPS) is 10.6. The van der Waals surface area contributed by atoms with Gasteiger partial charge in [0.05, 0.1) is 16.3 Å². The van der Waals surface area contributed by atoms with Crippen molar-refractivity contribution in [2.24, 2.45) is 0 Å². The van der Waals surface area contributed by atoms with Crippen molar-refractivity contribution < 1.29 is 14.0 Å². The molecule has 0 aliphatic rings. The Balaban J connectivity index is 2.11. The minimum atomic E-state index is -0.330. The summed E-state index contributed by atoms with van der Waals surface area (Å²) in [5.41, 5.74) is 0.929. The fourth-order valence-corrected chi connectivity index (χ4v) is 2.95. The summed E-state index contributed by atoms with van der Waals surface area (Å²) in [5.74, 6) is 0.650. The number of nitrogens with one attached hydrogen (secondary N) is 1. The molecule has 0 unspecified atom stereocenters. The molecule has 1 aromatic carbocycles. The van der Waals surface area contributed by atoms with Crippen LogP contribution in [0.25, 0.3) is 0 Å². The number of hydrogen-bond acceptors (Lipinski definition) is 3. The Morgan fingerprint density at radius 2 is 1.92 bits per heavy atom. The molecule has 2 rings (SSSR count). The monoisotopic (exact) mass is 382 g/mol. The first kappa shape index (κ1) is 19.3. The molecule has 0 bridgehead atoms. The van der Waals surface area contributed by atoms with E-state index in [1.54, 1.807) is 38.1 Å². The van der Waals surface area contributed by atoms with E-state index in [1.165, 1.54) is 4.90 Å². The van der Waals surface area contributed by atoms with Crippen molar-refractivity contribution >= 4 is 40.7 Å². The Bertz CT molecular complexity index is 787. The van der Waals surface area contributed by atoms with Crippen LogP contribution in [-0.4, -0.2) is 29.8 Å². The Morgan fingerprint density at radius 3 is 2.48 bits per heavy atom. The van der Waals surface area contributed by atoms with E-state index in [0.717, 1.165) is 6.42 Å². The van der Waals surface area contributed by atoms with Gasteiger partial charge in [-0.05, 0) is 44.5 Å². The van der Waals surface area contributed by atoms with Crippen LogP contribution in [0.2, 0.25) is 10.0 Å². The smallest absolute Gasteiger partial charge is 0.257 e. The number of carbonyl (C=O) groups excluding carboxylic acids is 2. The van der Waals surface area contributed by atoms with Crippen LogP contribution in [0.5, 0.6) is 0 Å². The van der Waals surface area contributed by atoms with E-state index < -0.39 is 0 Å². The van der Waals surface area contributed by atoms with Gasteiger partial charge in [0.25, 0.3) is 5.91 Å². The first-order chi connectivity index (χ1) is 11.8. The second-order valence-electron chi connectivity index (χ2n) is 5.73. The molecule has 25 heavy (non-hydrogen) atoms. The zero-order valence-corrected chi connectivity index (χ0v) is 15.9. The molecule has 2 aromatic rings. The van der Waals surface area contributed by atoms with Crippen molar-refractivity contribution in [2.75, 3.05) is 18.4 Å². The molecule has 1 heterocycles. The Hall–Kier alpha value is -1.98. The van der Waals surface area contributed by atoms with Crippen molar-refractivity contribution in [1.82, 2.24) is 4.90 Å². The van der Waals surface area contributed by atoms with Gasteiger partial charge < -0.3 is 14.6 Å². The standard InChI is InChI=1S/C18H20Cl2N2O3/c1-4-7-22(18(24)14-8-11(2)25-12(14)3)10-17(23)21-16-6-5-13(19)9-15(16)20/h5-6,8-9H,4,7,10H2,1-3H3,(H,21,23). The van der Waals surface area contributed by atoms with Crippen molar-refractivity contribution in [3.8, 4) is 0 Å². The summed E-state index contributed by atoms with van der Waals surface area (Å²) in [6.07, 6.45) is 0.733. The van der Waals surface area contributed by atoms with Gasteiger partial charge in [-0.25, -0.2) is 0 Å². The summed E-state index contributed by atoms with van der Waals surface area (Å²) in [4.78, 5) is 26.5. The predicted molar refractivity (Wildman–Crippen MR) is 99.5 cm³/mol. The van der Waals surface area contributed by atoms with Gasteiger partial charge in [-0.15, -0.1) is 0 Å². The van der Waals surface area contributed by atoms with E-state index >= 15 is 0 Å². The van der Waals surface area contributed by atoms with Crippen LogP contribution in [0, 0.1) is 13.8 Å². The molecule has 0 spiro atoms. The zero-order chi connectivity index (χ0) is 18.6. The van der Waals surface area contributed by atoms with Crippen molar-refractivity contribution in [2.45, 2.75) is 27.2 Å². The number of furan rings is 1. The van der Waals surface area contributed by atoms with Gasteiger partial charge in [-0.1, -0.05) is 30.1 Å². The van der Waals surface area contributed by atoms with Crippen LogP contribution >= 0.6 is 23.2 Å². The lowest BCUT2D eigenvalue weighted by molar-refractivity contribution is -0.116. The molecule has 0 radical (unpaired) electrons. The molecule has 0 fully saturated rings. The minimum absolute atomic E-state index is 0.0741. The zero-order valence-electron chi connectivity index (χ0n) is 14.4. The third-order valence-corrected chi connectivity index (χ3v) is 4.14. The van der Waals surface area contributed by atoms with Crippen LogP contribution in [0.15, 0.2) is 28.7 Å². The molecule has 0 aliphatic heterocycles. The third kappa shape index (κ3) is 5.00. The van der Waals surface area contributed by atoms with Gasteiger partial charge in [0.1, 0.15) is 18.1 Å². The maximum Gasteiger partial charge on any atom is 0.257 e. The van der Waals surface area contributed by atoms with E-state index in [2.05, 4.69) is 5.32 Å². The summed E-state index contributed by atoms with van der Waals surface area (Å²) in [6, 6.07) is 6.49. The fourth-order valence-electron chi connectivity index (χ4n) is 2.49. The van der Waals surface area contributed by atoms with Gasteiger partial charge in [-0.2, -0.15) is 0 Å². The highest BCUT2D eigenvalue weighted by atomic mass is 35.5. The van der Waals surface area contributed by atoms with Gasteiger partial charge >= 0.3 is 0 Å². The number of amides is 2. The van der Waals surface area contributed by atoms with Crippen LogP contribution < -0.4 is 5.32 Å². The van der Waals surface area contributed by atoms with E-state index in [-0.39, 0.29) is 18.4 Å². The fraction of sp³-hybridized carbons (Fsp3) is 0.333. The Kier molecular flexibility index (Phi) is 6.51. The Labute approximate surface area is 156 Å². The number of anilines is 1. The average Bonchev–Trinajstić information content (AvgIpc) is 2.87. The summed E-state index contributed by atoms with van der Waals surface area (Å²) in [5, 5.41) is 3.53. The van der Waals surface area contributed by atoms with Crippen LogP contribution in [0.4, 0.5) is 5.69 Å². The SMILES string of the molecule is CCCN(CC(=O)Nc1ccc(Cl)cc1Cl)C(=O)c1cc(C)oc1C. The van der Waals surface area contributed by atoms with Crippen molar-refractivity contribution in [3.63, 3.8) is 0 Å². The number of halogens is 2. The lowest BCUT2D eigenvalue weighted by Crippen LogP contribution is -2.38. The molecule has 2 amide bonds. The predicted octanol–water partition coefficient (Wildman–Crippen LogP) is 4.69. The molecular formula is C18H20Cl2N2O3. The molecule has 1 aromatic heterocycles. The molecule has 0 saturated heterocycles. The highest BCUT2D eigenvalue weighted by Crippen LogP contribution is 2.25. The number of benzene rings is 1. The highest BCUT2D eigenvalue weighted by molar-refractivity contribution is 6.36. The van der Waals surface area contributed by atoms with Crippen LogP contribution in [-0.2, 0) is 4.79 Å². The molecule has 0 saturated carbocycles. The quantitative estimate of drug-likeness (QED) is 0.787. The lowest BCUT2D eigenvalue weighted by Gasteiger charge is -2.21. The van der Waals surface area contributed by atoms with E-state index in [0.29, 0.717) is 39.4 Å². The lowest BCUT2D eigenvalue weighted by atomic mass is 10.2. The molecule has 1 N–H and O–H groups in total. The highest BCUT2D eigenvalue weighted by Gasteiger charge is 2.22. The minimum Gasteiger partial charge on any atom is -0.466 e. The van der Waals surface area contributed by atoms with Gasteiger partial charge in [-0.3, -0.25) is 9.59 Å². The van der Waals surface area contributed by atoms with Gasteiger partial charge in [0.15, 0.2) is 0 Å². The van der Waals surface area contributed by atoms with E-state index in [1.807, 2.05) is 6.92 Å². The second kappa shape index (κ2) is 8.41. The summed E-state index contributed by atoms with van der Waals surface area (Å²) in [6.45, 7) is 5.85. The van der Waals surface area contributed by atoms with Crippen molar-refractivity contribution in [3.05, 3.63) is 51.4 Å². The molecular weight excluding hydrogens is 363 g/mol. The van der Waals surface area contributed by atoms with Crippen LogP contribution in [0.1, 0.15) is 35.2 Å². The average molecular weight is 383 g/mol. The third-order valence-electron chi connectivity index (χ3n) is 3.59. The van der Waals surface area contributed by atoms with Gasteiger partial charge in [0, 0.05) is 11.6 Å².